The van der Waals surface area contributed by atoms with Crippen molar-refractivity contribution in [2.75, 3.05) is 4.93 Å². The van der Waals surface area contributed by atoms with Gasteiger partial charge in [0.05, 0.1) is 21.2 Å². The van der Waals surface area contributed by atoms with Gasteiger partial charge in [0, 0.05) is 52.4 Å². The SMILES string of the molecule is C.CI.Cc1ccccc1[N+](=O)[O-].O=c1[nH]c2c(c3ccccc13)Cc1ccccc1-2.O=c1c2ccccc2c2c(n1-c1ccccc1[N+](=O)[O-])-c1ccccc1C2.[I][V]([I])[I]. The van der Waals surface area contributed by atoms with Gasteiger partial charge in [-0.3, -0.25) is 34.4 Å². The van der Waals surface area contributed by atoms with Crippen molar-refractivity contribution in [1.29, 1.82) is 0 Å². The van der Waals surface area contributed by atoms with E-state index < -0.39 is 4.92 Å². The Morgan fingerprint density at radius 2 is 1.02 bits per heavy atom. The number of nitrogens with one attached hydrogen (secondary N) is 1. The van der Waals surface area contributed by atoms with Crippen LogP contribution in [0.3, 0.4) is 0 Å². The Labute approximate surface area is 409 Å². The zero-order valence-electron chi connectivity index (χ0n) is 32.5. The van der Waals surface area contributed by atoms with Gasteiger partial charge in [0.15, 0.2) is 0 Å². The monoisotopic (exact) mass is 1310 g/mol. The van der Waals surface area contributed by atoms with Crippen LogP contribution in [0, 0.1) is 27.2 Å². The molecule has 0 fully saturated rings. The minimum absolute atomic E-state index is 0. The molecule has 2 aromatic heterocycles. The van der Waals surface area contributed by atoms with Crippen LogP contribution in [0.4, 0.5) is 11.4 Å². The van der Waals surface area contributed by atoms with E-state index in [0.717, 1.165) is 56.2 Å². The summed E-state index contributed by atoms with van der Waals surface area (Å²) < 4.78 is 1.52. The number of aromatic nitrogens is 2. The summed E-state index contributed by atoms with van der Waals surface area (Å²) in [6.07, 6.45) is 1.61. The second kappa shape index (κ2) is 22.6. The summed E-state index contributed by atoms with van der Waals surface area (Å²) >= 11 is 9.54. The number of hydrogen-bond acceptors (Lipinski definition) is 6. The summed E-state index contributed by atoms with van der Waals surface area (Å²) in [5.41, 5.74) is 9.41. The summed E-state index contributed by atoms with van der Waals surface area (Å²) in [4.78, 5) is 51.2. The Kier molecular flexibility index (Phi) is 17.9. The molecule has 0 amide bonds. The van der Waals surface area contributed by atoms with Crippen LogP contribution >= 0.6 is 82.5 Å². The fraction of sp³-hybridized carbons (Fsp3) is 0.106. The normalized spacial score (nSPS) is 11.0. The summed E-state index contributed by atoms with van der Waals surface area (Å²) in [5, 5.41) is 25.2. The molecule has 0 atom stereocenters. The van der Waals surface area contributed by atoms with Gasteiger partial charge in [-0.1, -0.05) is 145 Å². The number of fused-ring (bicyclic) bond motifs is 10. The second-order valence-corrected chi connectivity index (χ2v) is 48.9. The fourth-order valence-electron chi connectivity index (χ4n) is 7.64. The quantitative estimate of drug-likeness (QED) is 0.0808. The average molecular weight is 1310 g/mol. The average Bonchev–Trinajstić information content (AvgIpc) is 3.84. The molecule has 0 saturated heterocycles. The van der Waals surface area contributed by atoms with Gasteiger partial charge in [0.2, 0.25) is 0 Å². The number of rotatable bonds is 3. The first-order valence-corrected chi connectivity index (χ1v) is 34.2. The number of alkyl halides is 1. The van der Waals surface area contributed by atoms with Gasteiger partial charge in [0.25, 0.3) is 22.5 Å². The van der Waals surface area contributed by atoms with E-state index in [-0.39, 0.29) is 39.8 Å². The van der Waals surface area contributed by atoms with E-state index >= 15 is 0 Å². The third-order valence-corrected chi connectivity index (χ3v) is 10.2. The van der Waals surface area contributed by atoms with Crippen LogP contribution in [0.25, 0.3) is 49.7 Å². The van der Waals surface area contributed by atoms with E-state index in [1.54, 1.807) is 49.4 Å². The van der Waals surface area contributed by atoms with Gasteiger partial charge in [-0.15, -0.1) is 0 Å². The third kappa shape index (κ3) is 10.7. The standard InChI is InChI=1S/C22H14N2O3.C16H11NO.C7H7NO2.CH3I.CH4.3HI.V/c25-22-17-10-4-3-9-16(17)18-13-14-7-1-2-8-15(14)21(18)23(22)19-11-5-6-12-20(19)24(26)27;18-16-13-8-4-3-7-12(13)14-9-10-5-1-2-6-11(10)15(14)17-16;1-6-4-2-3-5-7(6)8(9)10;1-2;;;;;/h1-12H,13H2;1-8H,9H2,(H,17,18);2-5H,1H3;1H3;1H4;3*1H;/q;;;;;;;;+3/p-3. The molecule has 1 N–H and O–H groups in total. The van der Waals surface area contributed by atoms with Crippen LogP contribution in [0.1, 0.15) is 35.2 Å². The molecule has 10 rings (SSSR count). The van der Waals surface area contributed by atoms with E-state index in [9.17, 15) is 29.8 Å². The number of hydrogen-bond donors (Lipinski definition) is 1. The van der Waals surface area contributed by atoms with Gasteiger partial charge in [-0.05, 0) is 63.1 Å². The predicted octanol–water partition coefficient (Wildman–Crippen LogP) is 13.8. The van der Waals surface area contributed by atoms with Crippen molar-refractivity contribution in [3.8, 4) is 28.2 Å². The molecule has 0 bridgehead atoms. The first kappa shape index (κ1) is 49.1. The maximum absolute atomic E-state index is 13.4. The molecule has 2 heterocycles. The Balaban J connectivity index is 0.000000179. The first-order chi connectivity index (χ1) is 29.5. The molecule has 8 aromatic rings. The third-order valence-electron chi connectivity index (χ3n) is 10.2. The van der Waals surface area contributed by atoms with E-state index in [1.807, 2.05) is 83.8 Å². The first-order valence-electron chi connectivity index (χ1n) is 18.5. The van der Waals surface area contributed by atoms with Crippen molar-refractivity contribution >= 4 is 115 Å². The van der Waals surface area contributed by atoms with Gasteiger partial charge in [-0.2, -0.15) is 0 Å². The molecule has 0 spiro atoms. The summed E-state index contributed by atoms with van der Waals surface area (Å²) in [6.45, 7) is 1.72. The number of nitro benzene ring substituents is 2. The molecule has 2 aliphatic rings. The Morgan fingerprint density at radius 3 is 1.60 bits per heavy atom. The molecule has 0 unspecified atom stereocenters. The molecule has 6 aromatic carbocycles. The Morgan fingerprint density at radius 1 is 0.581 bits per heavy atom. The number of nitro groups is 2. The van der Waals surface area contributed by atoms with Crippen molar-refractivity contribution in [2.24, 2.45) is 0 Å². The molecule has 10 nitrogen and oxygen atoms in total. The molecule has 316 valence electrons. The number of benzene rings is 6. The van der Waals surface area contributed by atoms with Crippen molar-refractivity contribution in [1.82, 2.24) is 9.55 Å². The molecular weight excluding hydrogens is 1280 g/mol. The summed E-state index contributed by atoms with van der Waals surface area (Å²) in [6, 6.07) is 44.5. The molecule has 0 radical (unpaired) electrons. The van der Waals surface area contributed by atoms with Gasteiger partial charge < -0.3 is 4.98 Å². The number of aromatic amines is 1. The van der Waals surface area contributed by atoms with Crippen LogP contribution in [0.15, 0.2) is 155 Å². The van der Waals surface area contributed by atoms with Crippen molar-refractivity contribution in [2.45, 2.75) is 27.2 Å². The molecule has 62 heavy (non-hydrogen) atoms. The van der Waals surface area contributed by atoms with Gasteiger partial charge >= 0.3 is 64.9 Å². The predicted molar refractivity (Wildman–Crippen MR) is 284 cm³/mol. The molecule has 15 heteroatoms. The van der Waals surface area contributed by atoms with Crippen molar-refractivity contribution in [3.63, 3.8) is 0 Å². The van der Waals surface area contributed by atoms with E-state index in [1.165, 1.54) is 27.8 Å². The summed E-state index contributed by atoms with van der Waals surface area (Å²) in [7, 11) is 0. The van der Waals surface area contributed by atoms with Crippen LogP contribution in [-0.4, -0.2) is 24.3 Å². The number of pyridine rings is 2. The number of para-hydroxylation sites is 3. The number of H-pyrrole nitrogens is 1. The number of aryl methyl sites for hydroxylation is 1. The molecule has 0 saturated carbocycles. The minimum atomic E-state index is -0.440. The zero-order chi connectivity index (χ0) is 43.8. The topological polar surface area (TPSA) is 141 Å². The fourth-order valence-corrected chi connectivity index (χ4v) is 7.64. The van der Waals surface area contributed by atoms with Crippen LogP contribution in [0.2, 0.25) is 0 Å². The van der Waals surface area contributed by atoms with E-state index in [4.69, 9.17) is 0 Å². The Bertz CT molecular complexity index is 3040. The number of halogens is 4. The molecular formula is C47H39I4N4O6V. The second-order valence-electron chi connectivity index (χ2n) is 13.5. The zero-order valence-corrected chi connectivity index (χ0v) is 42.5. The van der Waals surface area contributed by atoms with Crippen LogP contribution < -0.4 is 11.1 Å². The summed E-state index contributed by atoms with van der Waals surface area (Å²) in [5.74, 6) is 0. The van der Waals surface area contributed by atoms with E-state index in [0.29, 0.717) is 23.1 Å². The van der Waals surface area contributed by atoms with E-state index in [2.05, 4.69) is 99.6 Å². The Hall–Kier alpha value is -3.96. The van der Waals surface area contributed by atoms with Gasteiger partial charge in [0.1, 0.15) is 5.69 Å². The van der Waals surface area contributed by atoms with Gasteiger partial charge in [-0.25, -0.2) is 0 Å². The molecule has 0 aliphatic heterocycles. The maximum atomic E-state index is 13.4. The van der Waals surface area contributed by atoms with Crippen LogP contribution in [0.5, 0.6) is 0 Å². The number of nitrogens with zero attached hydrogens (tertiary/aromatic N) is 3. The van der Waals surface area contributed by atoms with Crippen molar-refractivity contribution < 1.29 is 14.8 Å². The molecule has 2 aliphatic carbocycles. The van der Waals surface area contributed by atoms with Crippen molar-refractivity contribution in [3.05, 3.63) is 214 Å². The van der Waals surface area contributed by atoms with Crippen LogP contribution in [-0.2, 0) is 17.8 Å².